The topological polar surface area (TPSA) is 35.5 Å². The minimum absolute atomic E-state index is 0.296. The van der Waals surface area contributed by atoms with Gasteiger partial charge in [0.1, 0.15) is 0 Å². The molecule has 162 valence electrons. The van der Waals surface area contributed by atoms with E-state index in [2.05, 4.69) is 46.8 Å². The van der Waals surface area contributed by atoms with Gasteiger partial charge in [-0.1, -0.05) is 48.3 Å². The first-order valence-electron chi connectivity index (χ1n) is 11.2. The van der Waals surface area contributed by atoms with Gasteiger partial charge in [-0.25, -0.2) is 4.79 Å². The second kappa shape index (κ2) is 11.0. The molecule has 3 nitrogen and oxygen atoms in total. The summed E-state index contributed by atoms with van der Waals surface area (Å²) in [5.74, 6) is -0.296. The predicted molar refractivity (Wildman–Crippen MR) is 121 cm³/mol. The summed E-state index contributed by atoms with van der Waals surface area (Å²) in [6.45, 7) is 11.6. The second-order valence-electron chi connectivity index (χ2n) is 9.40. The summed E-state index contributed by atoms with van der Waals surface area (Å²) in [7, 11) is 1.57. The first-order valence-corrected chi connectivity index (χ1v) is 11.2. The van der Waals surface area contributed by atoms with Gasteiger partial charge in [0.15, 0.2) is 0 Å². The van der Waals surface area contributed by atoms with E-state index in [9.17, 15) is 4.79 Å². The lowest BCUT2D eigenvalue weighted by molar-refractivity contribution is -0.155. The Labute approximate surface area is 177 Å². The zero-order chi connectivity index (χ0) is 21.4. The Balaban J connectivity index is 1.73. The smallest absolute Gasteiger partial charge is 0.333 e. The van der Waals surface area contributed by atoms with E-state index in [-0.39, 0.29) is 5.97 Å². The first-order chi connectivity index (χ1) is 13.7. The van der Waals surface area contributed by atoms with Crippen LogP contribution in [0.4, 0.5) is 0 Å². The molecule has 29 heavy (non-hydrogen) atoms. The third kappa shape index (κ3) is 7.29. The summed E-state index contributed by atoms with van der Waals surface area (Å²) in [5.41, 5.74) is 7.56. The van der Waals surface area contributed by atoms with Crippen molar-refractivity contribution in [3.63, 3.8) is 0 Å². The number of rotatable bonds is 10. The molecule has 0 saturated carbocycles. The second-order valence-corrected chi connectivity index (χ2v) is 9.40. The molecule has 0 unspecified atom stereocenters. The zero-order valence-corrected chi connectivity index (χ0v) is 19.4. The highest BCUT2D eigenvalue weighted by atomic mass is 16.7. The lowest BCUT2D eigenvalue weighted by atomic mass is 9.71. The van der Waals surface area contributed by atoms with Crippen LogP contribution in [-0.4, -0.2) is 19.4 Å². The summed E-state index contributed by atoms with van der Waals surface area (Å²) < 4.78 is 10.3. The number of hydrogen-bond acceptors (Lipinski definition) is 3. The van der Waals surface area contributed by atoms with E-state index in [1.807, 2.05) is 0 Å². The Morgan fingerprint density at radius 3 is 2.55 bits per heavy atom. The zero-order valence-electron chi connectivity index (χ0n) is 19.4. The predicted octanol–water partition coefficient (Wildman–Crippen LogP) is 7.20. The molecule has 1 heterocycles. The number of cyclic esters (lactones) is 1. The van der Waals surface area contributed by atoms with Crippen LogP contribution >= 0.6 is 0 Å². The van der Waals surface area contributed by atoms with Gasteiger partial charge >= 0.3 is 5.97 Å². The molecule has 3 heteroatoms. The van der Waals surface area contributed by atoms with E-state index in [4.69, 9.17) is 9.47 Å². The van der Waals surface area contributed by atoms with Crippen molar-refractivity contribution in [2.75, 3.05) is 7.11 Å². The van der Waals surface area contributed by atoms with Gasteiger partial charge in [0.25, 0.3) is 0 Å². The molecular formula is C26H40O3. The van der Waals surface area contributed by atoms with Crippen LogP contribution < -0.4 is 0 Å². The van der Waals surface area contributed by atoms with Crippen molar-refractivity contribution in [2.24, 2.45) is 5.41 Å². The van der Waals surface area contributed by atoms with E-state index < -0.39 is 6.29 Å². The molecule has 0 N–H and O–H groups in total. The third-order valence-electron chi connectivity index (χ3n) is 6.46. The molecule has 0 radical (unpaired) electrons. The maximum Gasteiger partial charge on any atom is 0.333 e. The third-order valence-corrected chi connectivity index (χ3v) is 6.46. The molecule has 1 aliphatic heterocycles. The minimum Gasteiger partial charge on any atom is -0.428 e. The number of carbonyl (C=O) groups is 1. The molecule has 0 aromatic rings. The van der Waals surface area contributed by atoms with E-state index in [0.717, 1.165) is 31.3 Å². The van der Waals surface area contributed by atoms with Crippen LogP contribution in [0.15, 0.2) is 46.1 Å². The van der Waals surface area contributed by atoms with Crippen LogP contribution in [0.3, 0.4) is 0 Å². The summed E-state index contributed by atoms with van der Waals surface area (Å²) in [4.78, 5) is 11.3. The van der Waals surface area contributed by atoms with Gasteiger partial charge in [-0.15, -0.1) is 0 Å². The lowest BCUT2D eigenvalue weighted by Crippen LogP contribution is -2.20. The van der Waals surface area contributed by atoms with Crippen LogP contribution in [0.5, 0.6) is 0 Å². The SMILES string of the molecule is CO[C@@H]1OC(=O)C=C1CC/C=C(\C)CC/C=C(\C)CCC1=C(C)CCCC1(C)C. The van der Waals surface area contributed by atoms with Crippen molar-refractivity contribution in [1.29, 1.82) is 0 Å². The van der Waals surface area contributed by atoms with Gasteiger partial charge in [-0.2, -0.15) is 0 Å². The summed E-state index contributed by atoms with van der Waals surface area (Å²) in [6, 6.07) is 0. The quantitative estimate of drug-likeness (QED) is 0.287. The number of hydrogen-bond donors (Lipinski definition) is 0. The summed E-state index contributed by atoms with van der Waals surface area (Å²) >= 11 is 0. The summed E-state index contributed by atoms with van der Waals surface area (Å²) in [5, 5.41) is 0. The molecule has 0 amide bonds. The monoisotopic (exact) mass is 400 g/mol. The van der Waals surface area contributed by atoms with Crippen LogP contribution in [0, 0.1) is 5.41 Å². The van der Waals surface area contributed by atoms with Crippen molar-refractivity contribution in [3.05, 3.63) is 46.1 Å². The number of methoxy groups -OCH3 is 1. The molecule has 2 aliphatic rings. The van der Waals surface area contributed by atoms with E-state index >= 15 is 0 Å². The molecule has 1 atom stereocenters. The maximum absolute atomic E-state index is 11.3. The maximum atomic E-state index is 11.3. The van der Waals surface area contributed by atoms with Crippen LogP contribution in [0.2, 0.25) is 0 Å². The van der Waals surface area contributed by atoms with Crippen molar-refractivity contribution in [2.45, 2.75) is 98.7 Å². The lowest BCUT2D eigenvalue weighted by Gasteiger charge is -2.35. The standard InChI is InChI=1S/C26H40O3/c1-19(12-8-14-22-18-24(27)29-25(22)28-6)10-7-11-20(2)15-16-23-21(3)13-9-17-26(23,4)5/h11-12,18,25H,7-10,13-17H2,1-6H3/b19-12+,20-11+/t25-/m1/s1. The minimum atomic E-state index is -0.491. The average Bonchev–Trinajstić information content (AvgIpc) is 3.00. The summed E-state index contributed by atoms with van der Waals surface area (Å²) in [6.07, 6.45) is 16.0. The molecule has 1 aliphatic carbocycles. The van der Waals surface area contributed by atoms with Crippen molar-refractivity contribution < 1.29 is 14.3 Å². The molecule has 0 saturated heterocycles. The van der Waals surface area contributed by atoms with Gasteiger partial charge in [-0.05, 0) is 84.0 Å². The molecule has 0 fully saturated rings. The van der Waals surface area contributed by atoms with Gasteiger partial charge in [-0.3, -0.25) is 0 Å². The normalized spacial score (nSPS) is 22.8. The number of ether oxygens (including phenoxy) is 2. The van der Waals surface area contributed by atoms with Gasteiger partial charge < -0.3 is 9.47 Å². The molecule has 0 bridgehead atoms. The first kappa shape index (κ1) is 23.7. The Morgan fingerprint density at radius 2 is 1.86 bits per heavy atom. The highest BCUT2D eigenvalue weighted by Gasteiger charge is 2.27. The van der Waals surface area contributed by atoms with E-state index in [1.165, 1.54) is 43.3 Å². The Morgan fingerprint density at radius 1 is 1.17 bits per heavy atom. The molecule has 0 spiro atoms. The van der Waals surface area contributed by atoms with E-state index in [1.54, 1.807) is 24.3 Å². The van der Waals surface area contributed by atoms with Gasteiger partial charge in [0.05, 0.1) is 0 Å². The highest BCUT2D eigenvalue weighted by molar-refractivity contribution is 5.85. The molecular weight excluding hydrogens is 360 g/mol. The van der Waals surface area contributed by atoms with Crippen molar-refractivity contribution in [3.8, 4) is 0 Å². The van der Waals surface area contributed by atoms with Crippen LogP contribution in [-0.2, 0) is 14.3 Å². The number of allylic oxidation sites excluding steroid dienone is 6. The molecule has 2 rings (SSSR count). The van der Waals surface area contributed by atoms with Crippen molar-refractivity contribution >= 4 is 5.97 Å². The Hall–Kier alpha value is -1.61. The molecule has 0 aromatic carbocycles. The number of esters is 1. The number of carbonyl (C=O) groups excluding carboxylic acids is 1. The van der Waals surface area contributed by atoms with Crippen LogP contribution in [0.1, 0.15) is 92.4 Å². The molecule has 0 aromatic heterocycles. The fourth-order valence-corrected chi connectivity index (χ4v) is 4.61. The highest BCUT2D eigenvalue weighted by Crippen LogP contribution is 2.42. The fourth-order valence-electron chi connectivity index (χ4n) is 4.61. The average molecular weight is 401 g/mol. The van der Waals surface area contributed by atoms with E-state index in [0.29, 0.717) is 5.41 Å². The van der Waals surface area contributed by atoms with Gasteiger partial charge in [0.2, 0.25) is 6.29 Å². The van der Waals surface area contributed by atoms with Gasteiger partial charge in [0, 0.05) is 18.8 Å². The Bertz CT molecular complexity index is 703. The van der Waals surface area contributed by atoms with Crippen LogP contribution in [0.25, 0.3) is 0 Å². The van der Waals surface area contributed by atoms with Crippen molar-refractivity contribution in [1.82, 2.24) is 0 Å². The largest absolute Gasteiger partial charge is 0.428 e. The fraction of sp³-hybridized carbons (Fsp3) is 0.654. The Kier molecular flexibility index (Phi) is 8.95.